The van der Waals surface area contributed by atoms with Crippen LogP contribution < -0.4 is 4.65 Å². The van der Waals surface area contributed by atoms with Crippen LogP contribution in [0.25, 0.3) is 56.4 Å². The molecule has 38 heavy (non-hydrogen) atoms. The van der Waals surface area contributed by atoms with Crippen LogP contribution in [0.2, 0.25) is 0 Å². The first-order valence-corrected chi connectivity index (χ1v) is 12.5. The van der Waals surface area contributed by atoms with E-state index in [1.54, 1.807) is 8.05 Å². The van der Waals surface area contributed by atoms with Crippen molar-refractivity contribution >= 4 is 8.05 Å². The molecular formula is C33H24BN3O. The lowest BCUT2D eigenvalue weighted by Crippen LogP contribution is -1.96. The van der Waals surface area contributed by atoms with E-state index in [0.29, 0.717) is 5.82 Å². The van der Waals surface area contributed by atoms with Crippen molar-refractivity contribution in [1.29, 1.82) is 0 Å². The van der Waals surface area contributed by atoms with E-state index in [2.05, 4.69) is 54.6 Å². The van der Waals surface area contributed by atoms with Gasteiger partial charge in [0.2, 0.25) is 0 Å². The molecule has 2 aromatic heterocycles. The van der Waals surface area contributed by atoms with Crippen molar-refractivity contribution in [3.05, 3.63) is 133 Å². The average molecular weight is 489 g/mol. The zero-order valence-corrected chi connectivity index (χ0v) is 21.0. The molecule has 0 unspecified atom stereocenters. The average Bonchev–Trinajstić information content (AvgIpc) is 3.02. The summed E-state index contributed by atoms with van der Waals surface area (Å²) in [6.45, 7) is 0. The molecule has 5 heteroatoms. The Kier molecular flexibility index (Phi) is 6.48. The summed E-state index contributed by atoms with van der Waals surface area (Å²) in [6, 6.07) is 44.7. The number of benzene rings is 4. The normalized spacial score (nSPS) is 10.7. The van der Waals surface area contributed by atoms with Crippen molar-refractivity contribution in [3.63, 3.8) is 0 Å². The molecule has 0 N–H and O–H groups in total. The summed E-state index contributed by atoms with van der Waals surface area (Å²) in [5.74, 6) is 1.49. The summed E-state index contributed by atoms with van der Waals surface area (Å²) in [4.78, 5) is 14.8. The van der Waals surface area contributed by atoms with E-state index in [1.165, 1.54) is 0 Å². The van der Waals surface area contributed by atoms with Gasteiger partial charge in [0.05, 0.1) is 22.8 Å². The van der Waals surface area contributed by atoms with Crippen LogP contribution in [0.15, 0.2) is 133 Å². The SMILES string of the molecule is BOc1ccccc1-c1cccc(-c2ccc(-c3nc(-c4ccccc4)cc(-c4ccccc4)n3)cc2)n1. The second-order valence-electron chi connectivity index (χ2n) is 8.88. The molecule has 0 aliphatic heterocycles. The summed E-state index contributed by atoms with van der Waals surface area (Å²) >= 11 is 0. The Morgan fingerprint density at radius 1 is 0.421 bits per heavy atom. The fourth-order valence-electron chi connectivity index (χ4n) is 4.48. The van der Waals surface area contributed by atoms with Gasteiger partial charge in [-0.25, -0.2) is 15.0 Å². The van der Waals surface area contributed by atoms with Crippen LogP contribution in [0.5, 0.6) is 5.75 Å². The molecule has 0 radical (unpaired) electrons. The smallest absolute Gasteiger partial charge is 0.322 e. The maximum atomic E-state index is 5.54. The Morgan fingerprint density at radius 3 is 1.58 bits per heavy atom. The lowest BCUT2D eigenvalue weighted by Gasteiger charge is -2.11. The molecule has 6 aromatic rings. The first-order chi connectivity index (χ1) is 18.8. The summed E-state index contributed by atoms with van der Waals surface area (Å²) in [6.07, 6.45) is 0. The summed E-state index contributed by atoms with van der Waals surface area (Å²) < 4.78 is 5.54. The number of pyridine rings is 1. The molecule has 0 amide bonds. The van der Waals surface area contributed by atoms with E-state index in [-0.39, 0.29) is 0 Å². The number of aromatic nitrogens is 3. The van der Waals surface area contributed by atoms with Gasteiger partial charge in [0.15, 0.2) is 5.82 Å². The number of nitrogens with zero attached hydrogens (tertiary/aromatic N) is 3. The van der Waals surface area contributed by atoms with Crippen molar-refractivity contribution in [2.24, 2.45) is 0 Å². The third-order valence-electron chi connectivity index (χ3n) is 6.44. The van der Waals surface area contributed by atoms with Crippen LogP contribution in [0.1, 0.15) is 0 Å². The molecule has 0 bridgehead atoms. The highest BCUT2D eigenvalue weighted by molar-refractivity contribution is 6.00. The van der Waals surface area contributed by atoms with Gasteiger partial charge in [-0.05, 0) is 30.3 Å². The van der Waals surface area contributed by atoms with Gasteiger partial charge in [0, 0.05) is 27.8 Å². The zero-order chi connectivity index (χ0) is 25.7. The molecule has 4 nitrogen and oxygen atoms in total. The van der Waals surface area contributed by atoms with Crippen LogP contribution in [-0.2, 0) is 0 Å². The van der Waals surface area contributed by atoms with E-state index >= 15 is 0 Å². The Hall–Kier alpha value is -5.03. The lowest BCUT2D eigenvalue weighted by molar-refractivity contribution is 0.618. The molecule has 0 atom stereocenters. The highest BCUT2D eigenvalue weighted by atomic mass is 16.4. The minimum absolute atomic E-state index is 0.687. The molecule has 0 aliphatic rings. The van der Waals surface area contributed by atoms with Crippen LogP contribution in [-0.4, -0.2) is 23.0 Å². The van der Waals surface area contributed by atoms with E-state index in [4.69, 9.17) is 19.6 Å². The van der Waals surface area contributed by atoms with E-state index < -0.39 is 0 Å². The summed E-state index contributed by atoms with van der Waals surface area (Å²) in [5.41, 5.74) is 8.60. The maximum Gasteiger partial charge on any atom is 0.322 e. The van der Waals surface area contributed by atoms with Crippen molar-refractivity contribution in [2.75, 3.05) is 0 Å². The summed E-state index contributed by atoms with van der Waals surface area (Å²) in [7, 11) is 1.68. The van der Waals surface area contributed by atoms with Gasteiger partial charge >= 0.3 is 8.05 Å². The summed E-state index contributed by atoms with van der Waals surface area (Å²) in [5, 5.41) is 0. The van der Waals surface area contributed by atoms with E-state index in [9.17, 15) is 0 Å². The van der Waals surface area contributed by atoms with Gasteiger partial charge in [0.1, 0.15) is 5.75 Å². The Bertz CT molecular complexity index is 1630. The molecular weight excluding hydrogens is 465 g/mol. The molecule has 0 spiro atoms. The molecule has 180 valence electrons. The standard InChI is InChI=1S/C33H24BN3O/c34-38-32-17-8-7-14-27(32)29-16-9-15-28(35-29)25-18-20-26(21-19-25)33-36-30(23-10-3-1-4-11-23)22-31(37-33)24-12-5-2-6-13-24/h1-22H,34H2. The van der Waals surface area contributed by atoms with Crippen molar-refractivity contribution in [2.45, 2.75) is 0 Å². The monoisotopic (exact) mass is 489 g/mol. The Morgan fingerprint density at radius 2 is 0.947 bits per heavy atom. The second-order valence-corrected chi connectivity index (χ2v) is 8.88. The minimum Gasteiger partial charge on any atom is -0.567 e. The van der Waals surface area contributed by atoms with Gasteiger partial charge < -0.3 is 4.65 Å². The van der Waals surface area contributed by atoms with Crippen LogP contribution in [0.3, 0.4) is 0 Å². The first kappa shape index (κ1) is 23.4. The first-order valence-electron chi connectivity index (χ1n) is 12.5. The predicted octanol–water partition coefficient (Wildman–Crippen LogP) is 7.13. The number of para-hydroxylation sites is 1. The fourth-order valence-corrected chi connectivity index (χ4v) is 4.48. The molecule has 0 saturated carbocycles. The van der Waals surface area contributed by atoms with Gasteiger partial charge in [-0.15, -0.1) is 0 Å². The minimum atomic E-state index is 0.687. The Balaban J connectivity index is 1.38. The van der Waals surface area contributed by atoms with Gasteiger partial charge in [-0.1, -0.05) is 103 Å². The molecule has 4 aromatic carbocycles. The quantitative estimate of drug-likeness (QED) is 0.234. The van der Waals surface area contributed by atoms with Crippen molar-refractivity contribution < 1.29 is 4.65 Å². The third kappa shape index (κ3) is 4.82. The molecule has 0 aliphatic carbocycles. The van der Waals surface area contributed by atoms with E-state index in [1.807, 2.05) is 78.9 Å². The molecule has 2 heterocycles. The van der Waals surface area contributed by atoms with Crippen molar-refractivity contribution in [3.8, 4) is 62.2 Å². The lowest BCUT2D eigenvalue weighted by atomic mass is 10.0. The van der Waals surface area contributed by atoms with Crippen LogP contribution in [0.4, 0.5) is 0 Å². The highest BCUT2D eigenvalue weighted by Gasteiger charge is 2.12. The van der Waals surface area contributed by atoms with E-state index in [0.717, 1.165) is 56.3 Å². The topological polar surface area (TPSA) is 47.9 Å². The van der Waals surface area contributed by atoms with Gasteiger partial charge in [-0.3, -0.25) is 0 Å². The predicted molar refractivity (Wildman–Crippen MR) is 156 cm³/mol. The Labute approximate surface area is 223 Å². The van der Waals surface area contributed by atoms with Crippen molar-refractivity contribution in [1.82, 2.24) is 15.0 Å². The number of rotatable bonds is 6. The second kappa shape index (κ2) is 10.5. The molecule has 6 rings (SSSR count). The third-order valence-corrected chi connectivity index (χ3v) is 6.44. The number of hydrogen-bond acceptors (Lipinski definition) is 4. The molecule has 0 fully saturated rings. The molecule has 0 saturated heterocycles. The van der Waals surface area contributed by atoms with Crippen LogP contribution >= 0.6 is 0 Å². The highest BCUT2D eigenvalue weighted by Crippen LogP contribution is 2.31. The fraction of sp³-hybridized carbons (Fsp3) is 0. The van der Waals surface area contributed by atoms with Crippen LogP contribution in [0, 0.1) is 0 Å². The maximum absolute atomic E-state index is 5.54. The van der Waals surface area contributed by atoms with Gasteiger partial charge in [-0.2, -0.15) is 0 Å². The van der Waals surface area contributed by atoms with Gasteiger partial charge in [0.25, 0.3) is 0 Å². The largest absolute Gasteiger partial charge is 0.567 e. The zero-order valence-electron chi connectivity index (χ0n) is 21.0. The number of hydrogen-bond donors (Lipinski definition) is 0.